The van der Waals surface area contributed by atoms with Crippen molar-refractivity contribution in [2.45, 2.75) is 27.2 Å². The molecule has 1 aromatic carbocycles. The first-order chi connectivity index (χ1) is 9.96. The standard InChI is InChI=1S/C18H21NO2/c1-5-13-6-7-14-12-19-16(11-15(14)10-13)8-9-18(2,3)17(20)21-4/h6-12H,5H2,1-4H3. The van der Waals surface area contributed by atoms with Crippen LogP contribution in [0.25, 0.3) is 16.8 Å². The third-order valence-corrected chi connectivity index (χ3v) is 3.60. The topological polar surface area (TPSA) is 39.2 Å². The Morgan fingerprint density at radius 2 is 2.05 bits per heavy atom. The summed E-state index contributed by atoms with van der Waals surface area (Å²) in [6.45, 7) is 5.79. The predicted octanol–water partition coefficient (Wildman–Crippen LogP) is 4.01. The van der Waals surface area contributed by atoms with Crippen molar-refractivity contribution in [3.8, 4) is 0 Å². The van der Waals surface area contributed by atoms with Gasteiger partial charge < -0.3 is 4.74 Å². The SMILES string of the molecule is CCc1ccc2cnc(C=CC(C)(C)C(=O)OC)cc2c1. The summed E-state index contributed by atoms with van der Waals surface area (Å²) in [6.07, 6.45) is 6.57. The van der Waals surface area contributed by atoms with E-state index in [0.717, 1.165) is 17.5 Å². The van der Waals surface area contributed by atoms with Crippen molar-refractivity contribution in [2.24, 2.45) is 5.41 Å². The van der Waals surface area contributed by atoms with E-state index in [0.29, 0.717) is 0 Å². The summed E-state index contributed by atoms with van der Waals surface area (Å²) in [7, 11) is 1.40. The molecule has 0 atom stereocenters. The zero-order chi connectivity index (χ0) is 15.5. The second kappa shape index (κ2) is 6.08. The number of fused-ring (bicyclic) bond motifs is 1. The Morgan fingerprint density at radius 3 is 2.71 bits per heavy atom. The Kier molecular flexibility index (Phi) is 4.41. The number of hydrogen-bond donors (Lipinski definition) is 0. The minimum atomic E-state index is -0.656. The lowest BCUT2D eigenvalue weighted by molar-refractivity contribution is -0.148. The molecular formula is C18H21NO2. The lowest BCUT2D eigenvalue weighted by atomic mass is 9.93. The van der Waals surface area contributed by atoms with E-state index >= 15 is 0 Å². The van der Waals surface area contributed by atoms with Gasteiger partial charge in [-0.1, -0.05) is 31.2 Å². The molecule has 0 fully saturated rings. The average Bonchev–Trinajstić information content (AvgIpc) is 2.51. The van der Waals surface area contributed by atoms with Gasteiger partial charge in [0.1, 0.15) is 0 Å². The van der Waals surface area contributed by atoms with Crippen LogP contribution in [-0.4, -0.2) is 18.1 Å². The summed E-state index contributed by atoms with van der Waals surface area (Å²) in [5.74, 6) is -0.257. The first kappa shape index (κ1) is 15.2. The lowest BCUT2D eigenvalue weighted by Gasteiger charge is -2.16. The maximum absolute atomic E-state index is 11.7. The molecule has 0 radical (unpaired) electrons. The largest absolute Gasteiger partial charge is 0.468 e. The van der Waals surface area contributed by atoms with Crippen LogP contribution in [0.3, 0.4) is 0 Å². The average molecular weight is 283 g/mol. The molecule has 0 aliphatic carbocycles. The number of carbonyl (C=O) groups is 1. The molecule has 1 heterocycles. The van der Waals surface area contributed by atoms with Crippen LogP contribution < -0.4 is 0 Å². The van der Waals surface area contributed by atoms with Gasteiger partial charge in [0.05, 0.1) is 18.2 Å². The number of nitrogens with zero attached hydrogens (tertiary/aromatic N) is 1. The molecule has 0 saturated heterocycles. The highest BCUT2D eigenvalue weighted by Crippen LogP contribution is 2.22. The highest BCUT2D eigenvalue weighted by molar-refractivity contribution is 5.84. The molecule has 0 spiro atoms. The summed E-state index contributed by atoms with van der Waals surface area (Å²) in [5, 5.41) is 2.29. The number of pyridine rings is 1. The predicted molar refractivity (Wildman–Crippen MR) is 86.0 cm³/mol. The molecule has 0 N–H and O–H groups in total. The Labute approximate surface area is 125 Å². The second-order valence-corrected chi connectivity index (χ2v) is 5.69. The molecule has 3 nitrogen and oxygen atoms in total. The minimum Gasteiger partial charge on any atom is -0.468 e. The van der Waals surface area contributed by atoms with Gasteiger partial charge in [-0.25, -0.2) is 0 Å². The van der Waals surface area contributed by atoms with Crippen molar-refractivity contribution < 1.29 is 9.53 Å². The summed E-state index contributed by atoms with van der Waals surface area (Å²) >= 11 is 0. The van der Waals surface area contributed by atoms with Crippen molar-refractivity contribution in [1.29, 1.82) is 0 Å². The molecule has 1 aromatic heterocycles. The normalized spacial score (nSPS) is 12.0. The number of ether oxygens (including phenoxy) is 1. The van der Waals surface area contributed by atoms with E-state index in [1.807, 2.05) is 38.3 Å². The summed E-state index contributed by atoms with van der Waals surface area (Å²) in [6, 6.07) is 8.44. The van der Waals surface area contributed by atoms with Gasteiger partial charge in [0.15, 0.2) is 0 Å². The van der Waals surface area contributed by atoms with E-state index in [-0.39, 0.29) is 5.97 Å². The van der Waals surface area contributed by atoms with Gasteiger partial charge in [0.25, 0.3) is 0 Å². The Morgan fingerprint density at radius 1 is 1.29 bits per heavy atom. The van der Waals surface area contributed by atoms with E-state index in [4.69, 9.17) is 4.74 Å². The van der Waals surface area contributed by atoms with Crippen LogP contribution in [0.1, 0.15) is 32.0 Å². The first-order valence-corrected chi connectivity index (χ1v) is 7.12. The van der Waals surface area contributed by atoms with Gasteiger partial charge in [0.2, 0.25) is 0 Å². The molecule has 3 heteroatoms. The number of aryl methyl sites for hydroxylation is 1. The molecule has 0 aliphatic heterocycles. The Bertz CT molecular complexity index is 687. The fourth-order valence-corrected chi connectivity index (χ4v) is 2.14. The van der Waals surface area contributed by atoms with Crippen LogP contribution in [0, 0.1) is 5.41 Å². The highest BCUT2D eigenvalue weighted by atomic mass is 16.5. The van der Waals surface area contributed by atoms with Gasteiger partial charge in [-0.2, -0.15) is 0 Å². The van der Waals surface area contributed by atoms with Crippen LogP contribution in [-0.2, 0) is 16.0 Å². The van der Waals surface area contributed by atoms with Crippen LogP contribution in [0.5, 0.6) is 0 Å². The third-order valence-electron chi connectivity index (χ3n) is 3.60. The number of rotatable bonds is 4. The third kappa shape index (κ3) is 3.48. The van der Waals surface area contributed by atoms with Crippen LogP contribution in [0.15, 0.2) is 36.5 Å². The highest BCUT2D eigenvalue weighted by Gasteiger charge is 2.25. The molecule has 2 rings (SSSR count). The maximum Gasteiger partial charge on any atom is 0.315 e. The number of carbonyl (C=O) groups excluding carboxylic acids is 1. The summed E-state index contributed by atoms with van der Waals surface area (Å²) in [4.78, 5) is 16.1. The quantitative estimate of drug-likeness (QED) is 0.796. The summed E-state index contributed by atoms with van der Waals surface area (Å²) < 4.78 is 4.79. The molecular weight excluding hydrogens is 262 g/mol. The fraction of sp³-hybridized carbons (Fsp3) is 0.333. The lowest BCUT2D eigenvalue weighted by Crippen LogP contribution is -2.22. The smallest absolute Gasteiger partial charge is 0.315 e. The molecule has 0 aliphatic rings. The number of hydrogen-bond acceptors (Lipinski definition) is 3. The number of methoxy groups -OCH3 is 1. The van der Waals surface area contributed by atoms with Crippen molar-refractivity contribution in [1.82, 2.24) is 4.98 Å². The zero-order valence-electron chi connectivity index (χ0n) is 13.0. The fourth-order valence-electron chi connectivity index (χ4n) is 2.14. The second-order valence-electron chi connectivity index (χ2n) is 5.69. The van der Waals surface area contributed by atoms with E-state index < -0.39 is 5.41 Å². The summed E-state index contributed by atoms with van der Waals surface area (Å²) in [5.41, 5.74) is 1.49. The molecule has 0 saturated carbocycles. The van der Waals surface area contributed by atoms with Crippen LogP contribution in [0.2, 0.25) is 0 Å². The van der Waals surface area contributed by atoms with Crippen molar-refractivity contribution in [2.75, 3.05) is 7.11 Å². The molecule has 110 valence electrons. The van der Waals surface area contributed by atoms with E-state index in [1.165, 1.54) is 18.1 Å². The van der Waals surface area contributed by atoms with Gasteiger partial charge >= 0.3 is 5.97 Å². The van der Waals surface area contributed by atoms with Gasteiger partial charge in [-0.3, -0.25) is 9.78 Å². The van der Waals surface area contributed by atoms with E-state index in [1.54, 1.807) is 0 Å². The van der Waals surface area contributed by atoms with E-state index in [9.17, 15) is 4.79 Å². The van der Waals surface area contributed by atoms with Crippen LogP contribution in [0.4, 0.5) is 0 Å². The van der Waals surface area contributed by atoms with Crippen molar-refractivity contribution in [3.63, 3.8) is 0 Å². The molecule has 2 aromatic rings. The van der Waals surface area contributed by atoms with Gasteiger partial charge in [-0.15, -0.1) is 0 Å². The van der Waals surface area contributed by atoms with Gasteiger partial charge in [-0.05, 0) is 43.4 Å². The van der Waals surface area contributed by atoms with Gasteiger partial charge in [0, 0.05) is 11.6 Å². The zero-order valence-corrected chi connectivity index (χ0v) is 13.0. The van der Waals surface area contributed by atoms with E-state index in [2.05, 4.69) is 30.1 Å². The first-order valence-electron chi connectivity index (χ1n) is 7.12. The van der Waals surface area contributed by atoms with Crippen molar-refractivity contribution in [3.05, 3.63) is 47.8 Å². The number of aromatic nitrogens is 1. The molecule has 0 bridgehead atoms. The Hall–Kier alpha value is -2.16. The molecule has 21 heavy (non-hydrogen) atoms. The Balaban J connectivity index is 2.32. The van der Waals surface area contributed by atoms with Crippen LogP contribution >= 0.6 is 0 Å². The minimum absolute atomic E-state index is 0.257. The maximum atomic E-state index is 11.7. The molecule has 0 amide bonds. The monoisotopic (exact) mass is 283 g/mol. The number of esters is 1. The number of benzene rings is 1. The molecule has 0 unspecified atom stereocenters. The van der Waals surface area contributed by atoms with Crippen molar-refractivity contribution >= 4 is 22.8 Å².